The number of carbonyl (C=O) groups excluding carboxylic acids is 1. The van der Waals surface area contributed by atoms with Crippen LogP contribution in [0, 0.1) is 5.82 Å². The standard InChI is InChI=1S/C26H23FN4OS/c27-23-12-10-21(11-13-23)25-28-29-26(31(25)16-19-6-2-1-3-7-19)33-18-24(32)30-15-14-20-8-4-5-9-22(20)17-30/h1-13H,14-18H2. The molecule has 0 unspecified atom stereocenters. The average Bonchev–Trinajstić information content (AvgIpc) is 3.25. The molecule has 166 valence electrons. The third kappa shape index (κ3) is 4.83. The Bertz CT molecular complexity index is 1260. The van der Waals surface area contributed by atoms with Gasteiger partial charge in [-0.2, -0.15) is 0 Å². The summed E-state index contributed by atoms with van der Waals surface area (Å²) >= 11 is 1.39. The second-order valence-corrected chi connectivity index (χ2v) is 8.95. The molecule has 1 aliphatic heterocycles. The number of carbonyl (C=O) groups is 1. The van der Waals surface area contributed by atoms with Crippen molar-refractivity contribution in [1.82, 2.24) is 19.7 Å². The molecule has 4 aromatic rings. The first-order valence-corrected chi connectivity index (χ1v) is 11.9. The zero-order chi connectivity index (χ0) is 22.6. The Hall–Kier alpha value is -3.45. The molecule has 0 saturated carbocycles. The van der Waals surface area contributed by atoms with Gasteiger partial charge in [0.05, 0.1) is 12.3 Å². The molecule has 0 radical (unpaired) electrons. The fraction of sp³-hybridized carbons (Fsp3) is 0.192. The molecule has 0 N–H and O–H groups in total. The lowest BCUT2D eigenvalue weighted by Crippen LogP contribution is -2.37. The predicted molar refractivity (Wildman–Crippen MR) is 127 cm³/mol. The zero-order valence-corrected chi connectivity index (χ0v) is 18.8. The second kappa shape index (κ2) is 9.58. The fourth-order valence-electron chi connectivity index (χ4n) is 4.04. The summed E-state index contributed by atoms with van der Waals surface area (Å²) in [4.78, 5) is 14.9. The number of rotatable bonds is 6. The number of thioether (sulfide) groups is 1. The lowest BCUT2D eigenvalue weighted by atomic mass is 10.00. The summed E-state index contributed by atoms with van der Waals surface area (Å²) < 4.78 is 15.4. The third-order valence-electron chi connectivity index (χ3n) is 5.81. The molecule has 0 atom stereocenters. The topological polar surface area (TPSA) is 51.0 Å². The summed E-state index contributed by atoms with van der Waals surface area (Å²) in [5, 5.41) is 9.42. The maximum absolute atomic E-state index is 13.4. The molecule has 0 aliphatic carbocycles. The summed E-state index contributed by atoms with van der Waals surface area (Å²) in [6.07, 6.45) is 0.880. The summed E-state index contributed by atoms with van der Waals surface area (Å²) in [6, 6.07) is 24.6. The first-order valence-electron chi connectivity index (χ1n) is 10.9. The van der Waals surface area contributed by atoms with Crippen LogP contribution in [0.4, 0.5) is 4.39 Å². The lowest BCUT2D eigenvalue weighted by molar-refractivity contribution is -0.129. The van der Waals surface area contributed by atoms with Crippen molar-refractivity contribution in [2.45, 2.75) is 24.7 Å². The molecule has 0 spiro atoms. The number of aromatic nitrogens is 3. The molecule has 5 nitrogen and oxygen atoms in total. The van der Waals surface area contributed by atoms with E-state index in [2.05, 4.69) is 22.3 Å². The quantitative estimate of drug-likeness (QED) is 0.389. The van der Waals surface area contributed by atoms with Crippen LogP contribution in [0.15, 0.2) is 84.0 Å². The summed E-state index contributed by atoms with van der Waals surface area (Å²) in [7, 11) is 0. The molecule has 7 heteroatoms. The number of hydrogen-bond donors (Lipinski definition) is 0. The van der Waals surface area contributed by atoms with Crippen LogP contribution in [0.2, 0.25) is 0 Å². The van der Waals surface area contributed by atoms with E-state index in [-0.39, 0.29) is 11.7 Å². The molecule has 33 heavy (non-hydrogen) atoms. The molecule has 1 aliphatic rings. The van der Waals surface area contributed by atoms with Crippen molar-refractivity contribution in [1.29, 1.82) is 0 Å². The van der Waals surface area contributed by atoms with Crippen molar-refractivity contribution < 1.29 is 9.18 Å². The smallest absolute Gasteiger partial charge is 0.233 e. The predicted octanol–water partition coefficient (Wildman–Crippen LogP) is 4.81. The van der Waals surface area contributed by atoms with Gasteiger partial charge in [-0.05, 0) is 47.4 Å². The molecule has 0 bridgehead atoms. The van der Waals surface area contributed by atoms with Crippen molar-refractivity contribution in [3.8, 4) is 11.4 Å². The SMILES string of the molecule is O=C(CSc1nnc(-c2ccc(F)cc2)n1Cc1ccccc1)N1CCc2ccccc2C1. The van der Waals surface area contributed by atoms with Crippen molar-refractivity contribution in [2.75, 3.05) is 12.3 Å². The number of amides is 1. The monoisotopic (exact) mass is 458 g/mol. The highest BCUT2D eigenvalue weighted by atomic mass is 32.2. The highest BCUT2D eigenvalue weighted by Crippen LogP contribution is 2.26. The van der Waals surface area contributed by atoms with Crippen LogP contribution in [0.25, 0.3) is 11.4 Å². The van der Waals surface area contributed by atoms with Gasteiger partial charge in [-0.15, -0.1) is 10.2 Å². The largest absolute Gasteiger partial charge is 0.337 e. The number of halogens is 1. The van der Waals surface area contributed by atoms with Gasteiger partial charge in [-0.25, -0.2) is 4.39 Å². The maximum atomic E-state index is 13.4. The van der Waals surface area contributed by atoms with Crippen LogP contribution in [0.3, 0.4) is 0 Å². The Morgan fingerprint density at radius 2 is 1.64 bits per heavy atom. The van der Waals surface area contributed by atoms with E-state index in [9.17, 15) is 9.18 Å². The van der Waals surface area contributed by atoms with E-state index >= 15 is 0 Å². The fourth-order valence-corrected chi connectivity index (χ4v) is 4.88. The normalized spacial score (nSPS) is 13.1. The molecule has 0 saturated heterocycles. The number of benzene rings is 3. The van der Waals surface area contributed by atoms with E-state index < -0.39 is 0 Å². The molecular weight excluding hydrogens is 435 g/mol. The molecule has 0 fully saturated rings. The van der Waals surface area contributed by atoms with Crippen molar-refractivity contribution in [3.05, 3.63) is 101 Å². The van der Waals surface area contributed by atoms with E-state index in [0.717, 1.165) is 24.1 Å². The zero-order valence-electron chi connectivity index (χ0n) is 18.0. The van der Waals surface area contributed by atoms with E-state index in [4.69, 9.17) is 0 Å². The van der Waals surface area contributed by atoms with Gasteiger partial charge in [0, 0.05) is 18.7 Å². The third-order valence-corrected chi connectivity index (χ3v) is 6.76. The minimum Gasteiger partial charge on any atom is -0.337 e. The average molecular weight is 459 g/mol. The van der Waals surface area contributed by atoms with Crippen molar-refractivity contribution in [2.24, 2.45) is 0 Å². The van der Waals surface area contributed by atoms with E-state index in [1.54, 1.807) is 12.1 Å². The van der Waals surface area contributed by atoms with Crippen molar-refractivity contribution in [3.63, 3.8) is 0 Å². The maximum Gasteiger partial charge on any atom is 0.233 e. The number of nitrogens with zero attached hydrogens (tertiary/aromatic N) is 4. The van der Waals surface area contributed by atoms with Crippen LogP contribution in [-0.4, -0.2) is 37.9 Å². The highest BCUT2D eigenvalue weighted by Gasteiger charge is 2.22. The Kier molecular flexibility index (Phi) is 6.21. The van der Waals surface area contributed by atoms with Crippen LogP contribution < -0.4 is 0 Å². The minimum absolute atomic E-state index is 0.0899. The molecular formula is C26H23FN4OS. The van der Waals surface area contributed by atoms with Crippen LogP contribution in [-0.2, 0) is 24.3 Å². The summed E-state index contributed by atoms with van der Waals surface area (Å²) in [6.45, 7) is 1.94. The van der Waals surface area contributed by atoms with Gasteiger partial charge in [0.25, 0.3) is 0 Å². The Balaban J connectivity index is 1.35. The van der Waals surface area contributed by atoms with Gasteiger partial charge in [0.15, 0.2) is 11.0 Å². The number of hydrogen-bond acceptors (Lipinski definition) is 4. The molecule has 3 aromatic carbocycles. The van der Waals surface area contributed by atoms with Crippen LogP contribution in [0.1, 0.15) is 16.7 Å². The first kappa shape index (κ1) is 21.4. The molecule has 1 amide bonds. The lowest BCUT2D eigenvalue weighted by Gasteiger charge is -2.28. The van der Waals surface area contributed by atoms with Gasteiger partial charge in [0.1, 0.15) is 5.82 Å². The first-order chi connectivity index (χ1) is 16.2. The van der Waals surface area contributed by atoms with Gasteiger partial charge in [0.2, 0.25) is 5.91 Å². The number of fused-ring (bicyclic) bond motifs is 1. The molecule has 5 rings (SSSR count). The Labute approximate surface area is 196 Å². The molecule has 1 aromatic heterocycles. The van der Waals surface area contributed by atoms with E-state index in [1.807, 2.05) is 51.9 Å². The summed E-state index contributed by atoms with van der Waals surface area (Å²) in [5.41, 5.74) is 4.42. The van der Waals surface area contributed by atoms with Gasteiger partial charge < -0.3 is 4.90 Å². The Morgan fingerprint density at radius 1 is 0.909 bits per heavy atom. The second-order valence-electron chi connectivity index (χ2n) is 8.01. The Morgan fingerprint density at radius 3 is 2.42 bits per heavy atom. The van der Waals surface area contributed by atoms with E-state index in [1.165, 1.54) is 35.0 Å². The van der Waals surface area contributed by atoms with Gasteiger partial charge in [-0.1, -0.05) is 66.4 Å². The van der Waals surface area contributed by atoms with Gasteiger partial charge >= 0.3 is 0 Å². The van der Waals surface area contributed by atoms with Crippen LogP contribution >= 0.6 is 11.8 Å². The van der Waals surface area contributed by atoms with Crippen LogP contribution in [0.5, 0.6) is 0 Å². The molecule has 2 heterocycles. The summed E-state index contributed by atoms with van der Waals surface area (Å²) in [5.74, 6) is 0.738. The van der Waals surface area contributed by atoms with E-state index in [0.29, 0.717) is 29.8 Å². The highest BCUT2D eigenvalue weighted by molar-refractivity contribution is 7.99. The minimum atomic E-state index is -0.295. The van der Waals surface area contributed by atoms with Crippen molar-refractivity contribution >= 4 is 17.7 Å². The van der Waals surface area contributed by atoms with Gasteiger partial charge in [-0.3, -0.25) is 9.36 Å².